The number of nitrogens with two attached hydrogens (primary N) is 1. The predicted octanol–water partition coefficient (Wildman–Crippen LogP) is -0.951. The van der Waals surface area contributed by atoms with E-state index in [4.69, 9.17) is 25.0 Å². The van der Waals surface area contributed by atoms with E-state index in [1.54, 1.807) is 0 Å². The Bertz CT molecular complexity index is 1240. The molecule has 1 saturated heterocycles. The number of H-pyrrole nitrogens is 1. The molecule has 1 aliphatic heterocycles. The lowest BCUT2D eigenvalue weighted by Crippen LogP contribution is -2.33. The van der Waals surface area contributed by atoms with E-state index in [9.17, 15) is 33.1 Å². The summed E-state index contributed by atoms with van der Waals surface area (Å²) >= 11 is 0. The van der Waals surface area contributed by atoms with Crippen LogP contribution >= 0.6 is 23.5 Å². The molecule has 1 fully saturated rings. The zero-order chi connectivity index (χ0) is 26.4. The molecule has 0 spiro atoms. The summed E-state index contributed by atoms with van der Waals surface area (Å²) in [5.41, 5.74) is 3.59. The van der Waals surface area contributed by atoms with Crippen LogP contribution < -0.4 is 17.0 Å². The third kappa shape index (κ3) is 9.34. The van der Waals surface area contributed by atoms with Crippen molar-refractivity contribution in [3.8, 4) is 11.8 Å². The van der Waals surface area contributed by atoms with Gasteiger partial charge in [-0.15, -0.1) is 6.58 Å². The van der Waals surface area contributed by atoms with Gasteiger partial charge >= 0.3 is 29.2 Å². The molecule has 2 rings (SSSR count). The number of phosphoric ester groups is 1. The average molecular weight is 561 g/mol. The fraction of sp³-hybridized carbons (Fsp3) is 0.467. The molecule has 20 heteroatoms. The van der Waals surface area contributed by atoms with Crippen molar-refractivity contribution in [3.63, 3.8) is 0 Å². The maximum Gasteiger partial charge on any atom is 0.490 e. The molecule has 7 N–H and O–H groups in total. The van der Waals surface area contributed by atoms with Gasteiger partial charge in [0.2, 0.25) is 0 Å². The minimum absolute atomic E-state index is 0.000245. The smallest absolute Gasteiger partial charge is 0.371 e. The van der Waals surface area contributed by atoms with Crippen LogP contribution in [0.4, 0.5) is 0 Å². The fourth-order valence-electron chi connectivity index (χ4n) is 2.79. The Kier molecular flexibility index (Phi) is 10.1. The third-order valence-electron chi connectivity index (χ3n) is 4.03. The largest absolute Gasteiger partial charge is 0.490 e. The summed E-state index contributed by atoms with van der Waals surface area (Å²) in [5.74, 6) is 4.96. The Morgan fingerprint density at radius 2 is 1.91 bits per heavy atom. The molecule has 0 saturated carbocycles. The molecular formula is C15H22N3O14P3. The number of aromatic nitrogens is 2. The minimum atomic E-state index is -5.70. The highest BCUT2D eigenvalue weighted by Crippen LogP contribution is 2.66. The second-order valence-corrected chi connectivity index (χ2v) is 11.0. The van der Waals surface area contributed by atoms with E-state index >= 15 is 0 Å². The molecule has 3 unspecified atom stereocenters. The minimum Gasteiger partial charge on any atom is -0.371 e. The highest BCUT2D eigenvalue weighted by molar-refractivity contribution is 7.66. The van der Waals surface area contributed by atoms with Gasteiger partial charge in [0.25, 0.3) is 5.56 Å². The molecule has 0 aliphatic carbocycles. The first-order valence-electron chi connectivity index (χ1n) is 9.37. The van der Waals surface area contributed by atoms with Gasteiger partial charge in [0.1, 0.15) is 17.9 Å². The lowest BCUT2D eigenvalue weighted by Gasteiger charge is -2.21. The topological polar surface area (TPSA) is 259 Å². The van der Waals surface area contributed by atoms with Gasteiger partial charge in [-0.25, -0.2) is 18.5 Å². The monoisotopic (exact) mass is 561 g/mol. The van der Waals surface area contributed by atoms with Crippen molar-refractivity contribution in [2.75, 3.05) is 19.8 Å². The van der Waals surface area contributed by atoms with Crippen LogP contribution in [0.25, 0.3) is 0 Å². The number of nitrogens with zero attached hydrogens (tertiary/aromatic N) is 1. The maximum absolute atomic E-state index is 12.3. The Morgan fingerprint density at radius 3 is 2.51 bits per heavy atom. The first kappa shape index (κ1) is 29.5. The van der Waals surface area contributed by atoms with Crippen LogP contribution in [0.5, 0.6) is 0 Å². The maximum atomic E-state index is 12.3. The molecule has 0 amide bonds. The highest BCUT2D eigenvalue weighted by atomic mass is 31.3. The Hall–Kier alpha value is -1.73. The molecule has 1 aromatic heterocycles. The average Bonchev–Trinajstić information content (AvgIpc) is 3.10. The molecule has 0 aromatic carbocycles. The van der Waals surface area contributed by atoms with Crippen LogP contribution in [0.3, 0.4) is 0 Å². The fourth-order valence-corrected chi connectivity index (χ4v) is 5.82. The molecule has 0 bridgehead atoms. The predicted molar refractivity (Wildman–Crippen MR) is 116 cm³/mol. The van der Waals surface area contributed by atoms with Gasteiger partial charge in [-0.2, -0.15) is 8.62 Å². The Labute approximate surface area is 196 Å². The number of rotatable bonds is 11. The van der Waals surface area contributed by atoms with E-state index in [1.165, 1.54) is 6.08 Å². The zero-order valence-corrected chi connectivity index (χ0v) is 20.3. The summed E-state index contributed by atoms with van der Waals surface area (Å²) in [7, 11) is -16.7. The molecule has 1 aliphatic rings. The van der Waals surface area contributed by atoms with Crippen molar-refractivity contribution >= 4 is 23.5 Å². The van der Waals surface area contributed by atoms with Gasteiger partial charge in [-0.05, 0) is 0 Å². The van der Waals surface area contributed by atoms with Crippen molar-refractivity contribution in [2.45, 2.75) is 24.9 Å². The van der Waals surface area contributed by atoms with Crippen LogP contribution in [-0.2, 0) is 36.3 Å². The van der Waals surface area contributed by atoms with E-state index in [1.807, 2.05) is 0 Å². The number of aromatic amines is 1. The summed E-state index contributed by atoms with van der Waals surface area (Å²) in [6.07, 6.45) is -0.607. The summed E-state index contributed by atoms with van der Waals surface area (Å²) in [4.78, 5) is 62.3. The number of phosphoric acid groups is 3. The third-order valence-corrected chi connectivity index (χ3v) is 7.83. The molecule has 196 valence electrons. The van der Waals surface area contributed by atoms with Crippen molar-refractivity contribution in [1.82, 2.24) is 9.55 Å². The van der Waals surface area contributed by atoms with E-state index in [0.29, 0.717) is 0 Å². The lowest BCUT2D eigenvalue weighted by atomic mass is 10.2. The molecule has 0 radical (unpaired) electrons. The number of nitrogens with one attached hydrogen (secondary N) is 1. The molecule has 17 nitrogen and oxygen atoms in total. The van der Waals surface area contributed by atoms with Crippen LogP contribution in [0.1, 0.15) is 18.2 Å². The number of hydrogen-bond donors (Lipinski definition) is 6. The van der Waals surface area contributed by atoms with Gasteiger partial charge in [0.15, 0.2) is 0 Å². The SMILES string of the molecule is C=CCOC1C[C@H](n2cc(C#CCN)c(=O)[nH]c2=O)O[C@@H]1COP(=O)(O)OP(=O)(O)OP(=O)(O)O. The second kappa shape index (κ2) is 12.0. The standard InChI is InChI=1S/C15H22N3O14P3/c1-2-6-28-11-7-13(18-8-10(4-3-5-16)14(19)17-15(18)20)30-12(11)9-29-34(24,25)32-35(26,27)31-33(21,22)23/h2,8,11-13H,1,5-7,9,16H2,(H,24,25)(H,26,27)(H,17,19,20)(H2,21,22,23)/t11?,12-,13-/m1/s1. The van der Waals surface area contributed by atoms with Gasteiger partial charge in [0, 0.05) is 12.6 Å². The van der Waals surface area contributed by atoms with E-state index in [0.717, 1.165) is 10.8 Å². The quantitative estimate of drug-likeness (QED) is 0.108. The van der Waals surface area contributed by atoms with E-state index < -0.39 is 59.8 Å². The second-order valence-electron chi connectivity index (χ2n) is 6.63. The van der Waals surface area contributed by atoms with Gasteiger partial charge in [0.05, 0.1) is 25.9 Å². The van der Waals surface area contributed by atoms with Gasteiger partial charge < -0.3 is 34.8 Å². The lowest BCUT2D eigenvalue weighted by molar-refractivity contribution is -0.0571. The van der Waals surface area contributed by atoms with E-state index in [-0.39, 0.29) is 25.1 Å². The van der Waals surface area contributed by atoms with Crippen molar-refractivity contribution in [1.29, 1.82) is 0 Å². The van der Waals surface area contributed by atoms with Crippen LogP contribution in [0.15, 0.2) is 28.4 Å². The molecule has 1 aromatic rings. The number of hydrogen-bond acceptors (Lipinski definition) is 11. The van der Waals surface area contributed by atoms with Crippen molar-refractivity contribution in [3.05, 3.63) is 45.3 Å². The first-order chi connectivity index (χ1) is 16.2. The van der Waals surface area contributed by atoms with E-state index in [2.05, 4.69) is 36.5 Å². The Balaban J connectivity index is 2.20. The summed E-state index contributed by atoms with van der Waals surface area (Å²) < 4.78 is 58.2. The normalized spacial score (nSPS) is 23.6. The zero-order valence-electron chi connectivity index (χ0n) is 17.7. The van der Waals surface area contributed by atoms with Gasteiger partial charge in [-0.3, -0.25) is 18.9 Å². The summed E-state index contributed by atoms with van der Waals surface area (Å²) in [6.45, 7) is 2.64. The summed E-state index contributed by atoms with van der Waals surface area (Å²) in [5, 5.41) is 0. The van der Waals surface area contributed by atoms with Gasteiger partial charge in [-0.1, -0.05) is 17.9 Å². The van der Waals surface area contributed by atoms with Crippen LogP contribution in [0, 0.1) is 11.8 Å². The summed E-state index contributed by atoms with van der Waals surface area (Å²) in [6, 6.07) is 0. The molecule has 5 atom stereocenters. The number of ether oxygens (including phenoxy) is 2. The Morgan fingerprint density at radius 1 is 1.23 bits per heavy atom. The molecule has 2 heterocycles. The van der Waals surface area contributed by atoms with Crippen LogP contribution in [-0.4, -0.2) is 61.1 Å². The molecular weight excluding hydrogens is 539 g/mol. The van der Waals surface area contributed by atoms with Crippen molar-refractivity contribution in [2.24, 2.45) is 5.73 Å². The first-order valence-corrected chi connectivity index (χ1v) is 13.9. The highest BCUT2D eigenvalue weighted by Gasteiger charge is 2.43. The molecule has 35 heavy (non-hydrogen) atoms. The van der Waals surface area contributed by atoms with Crippen LogP contribution in [0.2, 0.25) is 0 Å². The van der Waals surface area contributed by atoms with Crippen molar-refractivity contribution < 1.29 is 55.9 Å².